The summed E-state index contributed by atoms with van der Waals surface area (Å²) in [6, 6.07) is 0. The van der Waals surface area contributed by atoms with Crippen molar-refractivity contribution >= 4 is 0 Å². The Kier molecular flexibility index (Phi) is 0.334. The summed E-state index contributed by atoms with van der Waals surface area (Å²) in [6.07, 6.45) is 5.92. The minimum Gasteiger partial charge on any atom is -0.0161 e. The molecule has 0 nitrogen and oxygen atoms in total. The highest BCUT2D eigenvalue weighted by molar-refractivity contribution is 5.39. The average molecular weight is 65.1 g/mol. The highest BCUT2D eigenvalue weighted by atomic mass is 14.0. The molecular weight excluding hydrogens is 60.1 g/mol. The van der Waals surface area contributed by atoms with Crippen LogP contribution in [0.5, 0.6) is 0 Å². The topological polar surface area (TPSA) is 0 Å². The molecule has 0 aromatic carbocycles. The van der Waals surface area contributed by atoms with E-state index in [4.69, 9.17) is 0 Å². The second-order valence-electron chi connectivity index (χ2n) is 1.10. The van der Waals surface area contributed by atoms with Crippen molar-refractivity contribution in [2.24, 2.45) is 0 Å². The van der Waals surface area contributed by atoms with E-state index in [1.165, 1.54) is 0 Å². The van der Waals surface area contributed by atoms with Crippen molar-refractivity contribution in [3.63, 3.8) is 0 Å². The summed E-state index contributed by atoms with van der Waals surface area (Å²) in [5, 5.41) is 0. The average Bonchev–Trinajstić information content (AvgIpc) is 1.30. The first-order valence-corrected chi connectivity index (χ1v) is 1.60. The molecule has 0 radical (unpaired) electrons. The molecule has 0 N–H and O–H groups in total. The molecule has 0 heteroatoms. The number of rotatable bonds is 0. The summed E-state index contributed by atoms with van der Waals surface area (Å²) in [7, 11) is 0. The smallest absolute Gasteiger partial charge is 0.0161 e. The van der Waals surface area contributed by atoms with Gasteiger partial charge in [-0.2, -0.15) is 0 Å². The molecule has 0 atom stereocenters. The minimum atomic E-state index is 1.13. The molecule has 0 unspecified atom stereocenters. The molecule has 1 aliphatic carbocycles. The second-order valence-corrected chi connectivity index (χ2v) is 1.10. The van der Waals surface area contributed by atoms with Crippen LogP contribution in [-0.4, -0.2) is 0 Å². The van der Waals surface area contributed by atoms with Gasteiger partial charge >= 0.3 is 0 Å². The van der Waals surface area contributed by atoms with Crippen molar-refractivity contribution in [3.8, 4) is 0 Å². The van der Waals surface area contributed by atoms with E-state index in [2.05, 4.69) is 6.58 Å². The highest BCUT2D eigenvalue weighted by Gasteiger charge is 1.99. The van der Waals surface area contributed by atoms with Crippen molar-refractivity contribution in [2.75, 3.05) is 0 Å². The SMILES string of the molecule is C=C1C=C[CH+]1. The van der Waals surface area contributed by atoms with Crippen LogP contribution in [0.4, 0.5) is 0 Å². The Hall–Kier alpha value is -0.650. The summed E-state index contributed by atoms with van der Waals surface area (Å²) in [4.78, 5) is 0. The molecular formula is C5H5+. The van der Waals surface area contributed by atoms with Crippen molar-refractivity contribution in [3.05, 3.63) is 30.7 Å². The van der Waals surface area contributed by atoms with Crippen molar-refractivity contribution in [1.29, 1.82) is 0 Å². The van der Waals surface area contributed by atoms with Crippen LogP contribution in [0.25, 0.3) is 0 Å². The fourth-order valence-electron chi connectivity index (χ4n) is 0.232. The molecule has 0 aliphatic heterocycles. The lowest BCUT2D eigenvalue weighted by Crippen LogP contribution is -1.81. The van der Waals surface area contributed by atoms with Crippen LogP contribution in [-0.2, 0) is 0 Å². The molecule has 1 rings (SSSR count). The predicted molar refractivity (Wildman–Crippen MR) is 22.6 cm³/mol. The Bertz CT molecular complexity index is 78.0. The lowest BCUT2D eigenvalue weighted by atomic mass is 10.1. The lowest BCUT2D eigenvalue weighted by molar-refractivity contribution is 1.49. The number of allylic oxidation sites excluding steroid dienone is 3. The molecule has 0 bridgehead atoms. The molecule has 0 saturated heterocycles. The summed E-state index contributed by atoms with van der Waals surface area (Å²) in [5.41, 5.74) is 1.13. The molecule has 0 aromatic rings. The molecule has 0 amide bonds. The van der Waals surface area contributed by atoms with Crippen LogP contribution in [0.2, 0.25) is 0 Å². The Balaban J connectivity index is 2.71. The number of hydrogen-bond acceptors (Lipinski definition) is 0. The fourth-order valence-corrected chi connectivity index (χ4v) is 0.232. The summed E-state index contributed by atoms with van der Waals surface area (Å²) >= 11 is 0. The highest BCUT2D eigenvalue weighted by Crippen LogP contribution is 2.08. The zero-order valence-corrected chi connectivity index (χ0v) is 2.94. The summed E-state index contributed by atoms with van der Waals surface area (Å²) < 4.78 is 0. The van der Waals surface area contributed by atoms with Crippen LogP contribution in [0.1, 0.15) is 0 Å². The second kappa shape index (κ2) is 0.646. The van der Waals surface area contributed by atoms with Gasteiger partial charge in [0, 0.05) is 18.6 Å². The molecule has 0 fully saturated rings. The van der Waals surface area contributed by atoms with E-state index in [0.717, 1.165) is 5.57 Å². The first-order chi connectivity index (χ1) is 2.39. The zero-order chi connectivity index (χ0) is 3.70. The van der Waals surface area contributed by atoms with Gasteiger partial charge in [0.2, 0.25) is 0 Å². The van der Waals surface area contributed by atoms with Crippen LogP contribution in [0.15, 0.2) is 24.3 Å². The van der Waals surface area contributed by atoms with E-state index in [9.17, 15) is 0 Å². The van der Waals surface area contributed by atoms with Gasteiger partial charge in [-0.1, -0.05) is 0 Å². The third-order valence-electron chi connectivity index (χ3n) is 0.621. The standard InChI is InChI=1S/C5H5/c1-5-3-2-4-5/h2-4H,1H2/q+1. The summed E-state index contributed by atoms with van der Waals surface area (Å²) in [6.45, 7) is 3.62. The van der Waals surface area contributed by atoms with E-state index in [1.807, 2.05) is 18.6 Å². The molecule has 1 aliphatic rings. The Morgan fingerprint density at radius 1 is 1.80 bits per heavy atom. The van der Waals surface area contributed by atoms with Crippen LogP contribution < -0.4 is 0 Å². The summed E-state index contributed by atoms with van der Waals surface area (Å²) in [5.74, 6) is 0. The third kappa shape index (κ3) is 0.213. The van der Waals surface area contributed by atoms with E-state index in [-0.39, 0.29) is 0 Å². The molecule has 0 spiro atoms. The molecule has 0 aromatic heterocycles. The lowest BCUT2D eigenvalue weighted by Gasteiger charge is -1.90. The van der Waals surface area contributed by atoms with E-state index >= 15 is 0 Å². The Morgan fingerprint density at radius 3 is 2.20 bits per heavy atom. The molecule has 5 heavy (non-hydrogen) atoms. The normalized spacial score (nSPS) is 17.2. The van der Waals surface area contributed by atoms with E-state index < -0.39 is 0 Å². The first-order valence-electron chi connectivity index (χ1n) is 1.60. The zero-order valence-electron chi connectivity index (χ0n) is 2.94. The van der Waals surface area contributed by atoms with Crippen LogP contribution >= 0.6 is 0 Å². The molecule has 0 heterocycles. The van der Waals surface area contributed by atoms with Gasteiger partial charge in [0.15, 0.2) is 0 Å². The van der Waals surface area contributed by atoms with Gasteiger partial charge in [-0.15, -0.1) is 0 Å². The largest absolute Gasteiger partial charge is 0.0887 e. The maximum Gasteiger partial charge on any atom is 0.0887 e. The quantitative estimate of drug-likeness (QED) is 0.373. The Morgan fingerprint density at radius 2 is 2.20 bits per heavy atom. The van der Waals surface area contributed by atoms with E-state index in [0.29, 0.717) is 0 Å². The van der Waals surface area contributed by atoms with Crippen molar-refractivity contribution in [1.82, 2.24) is 0 Å². The van der Waals surface area contributed by atoms with E-state index in [1.54, 1.807) is 0 Å². The van der Waals surface area contributed by atoms with Crippen LogP contribution in [0.3, 0.4) is 0 Å². The fraction of sp³-hybridized carbons (Fsp3) is 0. The monoisotopic (exact) mass is 65.0 g/mol. The Labute approximate surface area is 31.8 Å². The third-order valence-corrected chi connectivity index (χ3v) is 0.621. The number of hydrogen-bond donors (Lipinski definition) is 0. The maximum atomic E-state index is 3.62. The molecule has 24 valence electrons. The van der Waals surface area contributed by atoms with Gasteiger partial charge in [-0.05, 0) is 6.58 Å². The van der Waals surface area contributed by atoms with Crippen molar-refractivity contribution < 1.29 is 0 Å². The van der Waals surface area contributed by atoms with Gasteiger partial charge in [0.25, 0.3) is 0 Å². The van der Waals surface area contributed by atoms with Gasteiger partial charge < -0.3 is 0 Å². The maximum absolute atomic E-state index is 3.62. The van der Waals surface area contributed by atoms with Crippen LogP contribution in [0, 0.1) is 6.42 Å². The van der Waals surface area contributed by atoms with Gasteiger partial charge in [-0.25, -0.2) is 0 Å². The molecule has 0 saturated carbocycles. The van der Waals surface area contributed by atoms with Gasteiger partial charge in [0.05, 0.1) is 5.57 Å². The van der Waals surface area contributed by atoms with Gasteiger partial charge in [-0.3, -0.25) is 0 Å². The predicted octanol–water partition coefficient (Wildman–Crippen LogP) is 1.32. The van der Waals surface area contributed by atoms with Gasteiger partial charge in [0.1, 0.15) is 0 Å². The first kappa shape index (κ1) is 2.58. The minimum absolute atomic E-state index is 1.13. The van der Waals surface area contributed by atoms with Crippen molar-refractivity contribution in [2.45, 2.75) is 0 Å².